The maximum atomic E-state index is 11.6. The first-order valence-electron chi connectivity index (χ1n) is 6.28. The minimum Gasteiger partial charge on any atom is -0.480 e. The SMILES string of the molecule is Cc1cccc(NC2(C(=O)O)CCCOCC2)c1. The summed E-state index contributed by atoms with van der Waals surface area (Å²) >= 11 is 0. The lowest BCUT2D eigenvalue weighted by molar-refractivity contribution is -0.142. The normalized spacial score (nSPS) is 24.3. The number of carboxylic acid groups (broad SMARTS) is 1. The van der Waals surface area contributed by atoms with Gasteiger partial charge < -0.3 is 15.2 Å². The van der Waals surface area contributed by atoms with Gasteiger partial charge in [0.05, 0.1) is 0 Å². The highest BCUT2D eigenvalue weighted by Gasteiger charge is 2.38. The van der Waals surface area contributed by atoms with Crippen molar-refractivity contribution in [3.8, 4) is 0 Å². The second-order valence-corrected chi connectivity index (χ2v) is 4.85. The summed E-state index contributed by atoms with van der Waals surface area (Å²) in [5.41, 5.74) is 1.08. The molecule has 1 heterocycles. The second-order valence-electron chi connectivity index (χ2n) is 4.85. The van der Waals surface area contributed by atoms with Crippen LogP contribution in [0.3, 0.4) is 0 Å². The van der Waals surface area contributed by atoms with E-state index < -0.39 is 11.5 Å². The lowest BCUT2D eigenvalue weighted by atomic mass is 9.90. The lowest BCUT2D eigenvalue weighted by Crippen LogP contribution is -2.46. The smallest absolute Gasteiger partial charge is 0.329 e. The third-order valence-corrected chi connectivity index (χ3v) is 3.38. The number of hydrogen-bond acceptors (Lipinski definition) is 3. The van der Waals surface area contributed by atoms with E-state index in [1.54, 1.807) is 0 Å². The summed E-state index contributed by atoms with van der Waals surface area (Å²) in [5.74, 6) is -0.797. The van der Waals surface area contributed by atoms with Crippen LogP contribution in [-0.2, 0) is 9.53 Å². The molecule has 18 heavy (non-hydrogen) atoms. The zero-order valence-electron chi connectivity index (χ0n) is 10.6. The van der Waals surface area contributed by atoms with Crippen molar-refractivity contribution in [3.63, 3.8) is 0 Å². The Morgan fingerprint density at radius 2 is 2.22 bits per heavy atom. The molecule has 1 aromatic carbocycles. The van der Waals surface area contributed by atoms with Crippen LogP contribution in [0.1, 0.15) is 24.8 Å². The third-order valence-electron chi connectivity index (χ3n) is 3.38. The van der Waals surface area contributed by atoms with Gasteiger partial charge in [0.25, 0.3) is 0 Å². The summed E-state index contributed by atoms with van der Waals surface area (Å²) in [5, 5.41) is 12.7. The summed E-state index contributed by atoms with van der Waals surface area (Å²) in [6.07, 6.45) is 1.86. The van der Waals surface area contributed by atoms with Gasteiger partial charge in [0.1, 0.15) is 5.54 Å². The van der Waals surface area contributed by atoms with E-state index in [4.69, 9.17) is 4.74 Å². The molecule has 1 atom stereocenters. The van der Waals surface area contributed by atoms with Crippen molar-refractivity contribution in [2.75, 3.05) is 18.5 Å². The number of carboxylic acids is 1. The molecule has 0 aliphatic carbocycles. The minimum absolute atomic E-state index is 0.491. The van der Waals surface area contributed by atoms with Crippen molar-refractivity contribution < 1.29 is 14.6 Å². The van der Waals surface area contributed by atoms with Crippen LogP contribution < -0.4 is 5.32 Å². The average Bonchev–Trinajstić information content (AvgIpc) is 2.55. The van der Waals surface area contributed by atoms with E-state index in [1.165, 1.54) is 0 Å². The first-order chi connectivity index (χ1) is 8.62. The fraction of sp³-hybridized carbons (Fsp3) is 0.500. The highest BCUT2D eigenvalue weighted by molar-refractivity contribution is 5.82. The number of nitrogens with one attached hydrogen (secondary N) is 1. The Morgan fingerprint density at radius 3 is 2.94 bits per heavy atom. The van der Waals surface area contributed by atoms with E-state index in [1.807, 2.05) is 31.2 Å². The Hall–Kier alpha value is -1.55. The topological polar surface area (TPSA) is 58.6 Å². The summed E-state index contributed by atoms with van der Waals surface area (Å²) in [7, 11) is 0. The van der Waals surface area contributed by atoms with Crippen LogP contribution in [0.15, 0.2) is 24.3 Å². The number of anilines is 1. The zero-order valence-corrected chi connectivity index (χ0v) is 10.6. The Balaban J connectivity index is 2.22. The molecular weight excluding hydrogens is 230 g/mol. The molecule has 2 rings (SSSR count). The molecule has 1 fully saturated rings. The molecule has 1 unspecified atom stereocenters. The average molecular weight is 249 g/mol. The molecule has 4 nitrogen and oxygen atoms in total. The Morgan fingerprint density at radius 1 is 1.39 bits per heavy atom. The maximum absolute atomic E-state index is 11.6. The fourth-order valence-electron chi connectivity index (χ4n) is 2.34. The van der Waals surface area contributed by atoms with E-state index in [0.29, 0.717) is 26.1 Å². The Labute approximate surface area is 107 Å². The number of ether oxygens (including phenoxy) is 1. The van der Waals surface area contributed by atoms with Gasteiger partial charge in [-0.05, 0) is 37.5 Å². The van der Waals surface area contributed by atoms with Crippen LogP contribution in [0.5, 0.6) is 0 Å². The standard InChI is InChI=1S/C14H19NO3/c1-11-4-2-5-12(10-11)15-14(13(16)17)6-3-8-18-9-7-14/h2,4-5,10,15H,3,6-9H2,1H3,(H,16,17). The monoisotopic (exact) mass is 249 g/mol. The molecule has 0 saturated carbocycles. The van der Waals surface area contributed by atoms with Gasteiger partial charge in [-0.2, -0.15) is 0 Å². The van der Waals surface area contributed by atoms with Gasteiger partial charge in [-0.1, -0.05) is 12.1 Å². The maximum Gasteiger partial charge on any atom is 0.329 e. The number of benzene rings is 1. The third kappa shape index (κ3) is 2.82. The van der Waals surface area contributed by atoms with Crippen molar-refractivity contribution in [2.45, 2.75) is 31.7 Å². The van der Waals surface area contributed by atoms with Gasteiger partial charge in [0, 0.05) is 25.3 Å². The van der Waals surface area contributed by atoms with Gasteiger partial charge in [0.15, 0.2) is 0 Å². The first kappa shape index (κ1) is 12.9. The van der Waals surface area contributed by atoms with Gasteiger partial charge in [-0.15, -0.1) is 0 Å². The predicted octanol–water partition coefficient (Wildman–Crippen LogP) is 2.43. The van der Waals surface area contributed by atoms with Crippen molar-refractivity contribution >= 4 is 11.7 Å². The van der Waals surface area contributed by atoms with E-state index in [0.717, 1.165) is 17.7 Å². The highest BCUT2D eigenvalue weighted by Crippen LogP contribution is 2.27. The van der Waals surface area contributed by atoms with Crippen LogP contribution >= 0.6 is 0 Å². The highest BCUT2D eigenvalue weighted by atomic mass is 16.5. The molecule has 1 aromatic rings. The molecule has 0 aromatic heterocycles. The Kier molecular flexibility index (Phi) is 3.87. The van der Waals surface area contributed by atoms with Gasteiger partial charge in [-0.3, -0.25) is 0 Å². The van der Waals surface area contributed by atoms with Crippen molar-refractivity contribution in [1.82, 2.24) is 0 Å². The van der Waals surface area contributed by atoms with E-state index in [2.05, 4.69) is 5.32 Å². The van der Waals surface area contributed by atoms with Gasteiger partial charge in [0.2, 0.25) is 0 Å². The number of carbonyl (C=O) groups is 1. The Bertz CT molecular complexity index is 423. The molecule has 0 radical (unpaired) electrons. The van der Waals surface area contributed by atoms with Crippen molar-refractivity contribution in [3.05, 3.63) is 29.8 Å². The molecule has 4 heteroatoms. The molecule has 98 valence electrons. The molecule has 2 N–H and O–H groups in total. The van der Waals surface area contributed by atoms with E-state index in [9.17, 15) is 9.90 Å². The first-order valence-corrected chi connectivity index (χ1v) is 6.28. The molecule has 0 spiro atoms. The van der Waals surface area contributed by atoms with Crippen LogP contribution in [0.2, 0.25) is 0 Å². The summed E-state index contributed by atoms with van der Waals surface area (Å²) in [4.78, 5) is 11.6. The molecule has 0 bridgehead atoms. The summed E-state index contributed by atoms with van der Waals surface area (Å²) < 4.78 is 5.36. The summed E-state index contributed by atoms with van der Waals surface area (Å²) in [6.45, 7) is 3.13. The predicted molar refractivity (Wildman–Crippen MR) is 69.8 cm³/mol. The number of rotatable bonds is 3. The molecule has 0 amide bonds. The second kappa shape index (κ2) is 5.40. The largest absolute Gasteiger partial charge is 0.480 e. The fourth-order valence-corrected chi connectivity index (χ4v) is 2.34. The summed E-state index contributed by atoms with van der Waals surface area (Å²) in [6, 6.07) is 7.80. The van der Waals surface area contributed by atoms with Crippen molar-refractivity contribution in [1.29, 1.82) is 0 Å². The zero-order chi connectivity index (χ0) is 13.0. The lowest BCUT2D eigenvalue weighted by Gasteiger charge is -2.30. The minimum atomic E-state index is -0.899. The molecule has 1 saturated heterocycles. The van der Waals surface area contributed by atoms with Gasteiger partial charge in [-0.25, -0.2) is 4.79 Å². The van der Waals surface area contributed by atoms with Gasteiger partial charge >= 0.3 is 5.97 Å². The number of hydrogen-bond donors (Lipinski definition) is 2. The van der Waals surface area contributed by atoms with Crippen molar-refractivity contribution in [2.24, 2.45) is 0 Å². The van der Waals surface area contributed by atoms with Crippen LogP contribution in [0, 0.1) is 6.92 Å². The van der Waals surface area contributed by atoms with Crippen LogP contribution in [0.4, 0.5) is 5.69 Å². The molecule has 1 aliphatic heterocycles. The number of aryl methyl sites for hydroxylation is 1. The molecule has 1 aliphatic rings. The van der Waals surface area contributed by atoms with E-state index in [-0.39, 0.29) is 0 Å². The van der Waals surface area contributed by atoms with Crippen LogP contribution in [-0.4, -0.2) is 29.8 Å². The molecular formula is C14H19NO3. The van der Waals surface area contributed by atoms with E-state index >= 15 is 0 Å². The van der Waals surface area contributed by atoms with Crippen LogP contribution in [0.25, 0.3) is 0 Å². The quantitative estimate of drug-likeness (QED) is 0.863. The number of aliphatic carboxylic acids is 1.